The van der Waals surface area contributed by atoms with E-state index in [1.54, 1.807) is 0 Å². The summed E-state index contributed by atoms with van der Waals surface area (Å²) in [4.78, 5) is 2.41. The molecule has 228 valence electrons. The first-order chi connectivity index (χ1) is 23.6. The molecule has 0 atom stereocenters. The summed E-state index contributed by atoms with van der Waals surface area (Å²) in [5, 5.41) is 5.14. The molecule has 0 aliphatic heterocycles. The van der Waals surface area contributed by atoms with E-state index in [-0.39, 0.29) is 5.41 Å². The molecule has 48 heavy (non-hydrogen) atoms. The Hall–Kier alpha value is -5.64. The van der Waals surface area contributed by atoms with E-state index in [0.717, 1.165) is 17.1 Å². The van der Waals surface area contributed by atoms with Crippen molar-refractivity contribution in [3.8, 4) is 16.8 Å². The molecule has 0 saturated heterocycles. The van der Waals surface area contributed by atoms with Crippen LogP contribution >= 0.6 is 11.3 Å². The Balaban J connectivity index is 1.21. The Kier molecular flexibility index (Phi) is 5.82. The van der Waals surface area contributed by atoms with Crippen molar-refractivity contribution in [3.05, 3.63) is 169 Å². The van der Waals surface area contributed by atoms with Crippen molar-refractivity contribution in [1.29, 1.82) is 0 Å². The van der Waals surface area contributed by atoms with Gasteiger partial charge in [0, 0.05) is 59.1 Å². The molecule has 0 saturated carbocycles. The zero-order valence-electron chi connectivity index (χ0n) is 26.8. The van der Waals surface area contributed by atoms with E-state index in [1.807, 2.05) is 11.3 Å². The Bertz CT molecular complexity index is 2710. The summed E-state index contributed by atoms with van der Waals surface area (Å²) in [6, 6.07) is 58.2. The predicted molar refractivity (Wildman–Crippen MR) is 206 cm³/mol. The monoisotopic (exact) mass is 632 g/mol. The van der Waals surface area contributed by atoms with Crippen molar-refractivity contribution >= 4 is 70.4 Å². The zero-order chi connectivity index (χ0) is 32.0. The molecule has 0 bridgehead atoms. The van der Waals surface area contributed by atoms with Crippen LogP contribution < -0.4 is 4.90 Å². The molecule has 2 nitrogen and oxygen atoms in total. The van der Waals surface area contributed by atoms with Crippen molar-refractivity contribution in [3.63, 3.8) is 0 Å². The largest absolute Gasteiger partial charge is 0.310 e. The fourth-order valence-corrected chi connectivity index (χ4v) is 9.19. The van der Waals surface area contributed by atoms with E-state index in [1.165, 1.54) is 69.9 Å². The van der Waals surface area contributed by atoms with Crippen molar-refractivity contribution in [1.82, 2.24) is 4.57 Å². The lowest BCUT2D eigenvalue weighted by atomic mass is 9.82. The van der Waals surface area contributed by atoms with Crippen LogP contribution in [0.1, 0.15) is 25.0 Å². The Morgan fingerprint density at radius 2 is 1.12 bits per heavy atom. The maximum absolute atomic E-state index is 2.45. The van der Waals surface area contributed by atoms with Gasteiger partial charge in [0.2, 0.25) is 0 Å². The van der Waals surface area contributed by atoms with E-state index in [4.69, 9.17) is 0 Å². The van der Waals surface area contributed by atoms with Gasteiger partial charge in [0.05, 0.1) is 11.0 Å². The molecule has 10 rings (SSSR count). The topological polar surface area (TPSA) is 8.17 Å². The number of benzene rings is 7. The van der Waals surface area contributed by atoms with Gasteiger partial charge in [0.1, 0.15) is 0 Å². The van der Waals surface area contributed by atoms with E-state index in [0.29, 0.717) is 0 Å². The number of thiophene rings is 1. The first-order valence-corrected chi connectivity index (χ1v) is 17.4. The Morgan fingerprint density at radius 3 is 2.02 bits per heavy atom. The maximum Gasteiger partial charge on any atom is 0.0561 e. The molecule has 1 aliphatic rings. The summed E-state index contributed by atoms with van der Waals surface area (Å²) >= 11 is 1.86. The van der Waals surface area contributed by atoms with Gasteiger partial charge in [-0.15, -0.1) is 11.3 Å². The van der Waals surface area contributed by atoms with Gasteiger partial charge in [-0.3, -0.25) is 0 Å². The Labute approximate surface area is 283 Å². The second-order valence-corrected chi connectivity index (χ2v) is 14.5. The lowest BCUT2D eigenvalue weighted by Gasteiger charge is -2.27. The van der Waals surface area contributed by atoms with Gasteiger partial charge >= 0.3 is 0 Å². The van der Waals surface area contributed by atoms with Crippen molar-refractivity contribution in [2.75, 3.05) is 4.90 Å². The quantitative estimate of drug-likeness (QED) is 0.187. The fourth-order valence-electron chi connectivity index (χ4n) is 8.10. The number of hydrogen-bond donors (Lipinski definition) is 0. The van der Waals surface area contributed by atoms with Gasteiger partial charge in [-0.2, -0.15) is 0 Å². The number of fused-ring (bicyclic) bond motifs is 9. The number of rotatable bonds is 4. The molecule has 0 amide bonds. The molecule has 7 aromatic carbocycles. The average molecular weight is 633 g/mol. The number of anilines is 3. The lowest BCUT2D eigenvalue weighted by Crippen LogP contribution is -2.15. The summed E-state index contributed by atoms with van der Waals surface area (Å²) in [7, 11) is 0. The standard InChI is InChI=1S/C45H32N2S/c1-45(2)39-17-9-6-14-33(39)37-26-30(21-24-40(37)45)46(29-12-4-3-5-13-29)32-20-23-35-34-15-7-10-18-41(34)47(42(35)28-32)31-22-25-44-38(27-31)36-16-8-11-19-43(36)48-44/h3-28H,1-2H3. The summed E-state index contributed by atoms with van der Waals surface area (Å²) in [6.45, 7) is 4.69. The molecule has 0 spiro atoms. The van der Waals surface area contributed by atoms with Crippen LogP contribution in [-0.2, 0) is 5.41 Å². The minimum absolute atomic E-state index is 0.0310. The molecule has 3 heteroatoms. The Morgan fingerprint density at radius 1 is 0.458 bits per heavy atom. The van der Waals surface area contributed by atoms with Crippen LogP contribution in [0.4, 0.5) is 17.1 Å². The van der Waals surface area contributed by atoms with Gasteiger partial charge < -0.3 is 9.47 Å². The third-order valence-corrected chi connectivity index (χ3v) is 11.5. The zero-order valence-corrected chi connectivity index (χ0v) is 27.6. The van der Waals surface area contributed by atoms with Crippen LogP contribution in [0.15, 0.2) is 158 Å². The second-order valence-electron chi connectivity index (χ2n) is 13.4. The summed E-state index contributed by atoms with van der Waals surface area (Å²) in [6.07, 6.45) is 0. The maximum atomic E-state index is 2.45. The highest BCUT2D eigenvalue weighted by molar-refractivity contribution is 7.25. The molecule has 1 aliphatic carbocycles. The van der Waals surface area contributed by atoms with Gasteiger partial charge in [-0.1, -0.05) is 105 Å². The molecular formula is C45H32N2S. The van der Waals surface area contributed by atoms with E-state index < -0.39 is 0 Å². The molecule has 2 heterocycles. The normalized spacial score (nSPS) is 13.4. The number of nitrogens with zero attached hydrogens (tertiary/aromatic N) is 2. The molecular weight excluding hydrogens is 601 g/mol. The SMILES string of the molecule is CC1(C)c2ccccc2-c2cc(N(c3ccccc3)c3ccc4c5ccccc5n(-c5ccc6sc7ccccc7c6c5)c4c3)ccc21. The summed E-state index contributed by atoms with van der Waals surface area (Å²) in [5.74, 6) is 0. The number of aromatic nitrogens is 1. The average Bonchev–Trinajstić information content (AvgIpc) is 3.74. The highest BCUT2D eigenvalue weighted by Gasteiger charge is 2.35. The number of hydrogen-bond acceptors (Lipinski definition) is 2. The van der Waals surface area contributed by atoms with Crippen LogP contribution in [0.2, 0.25) is 0 Å². The van der Waals surface area contributed by atoms with E-state index in [9.17, 15) is 0 Å². The van der Waals surface area contributed by atoms with Crippen LogP contribution in [0.25, 0.3) is 58.8 Å². The molecule has 0 N–H and O–H groups in total. The highest BCUT2D eigenvalue weighted by Crippen LogP contribution is 2.51. The van der Waals surface area contributed by atoms with E-state index in [2.05, 4.69) is 181 Å². The van der Waals surface area contributed by atoms with Gasteiger partial charge in [0.15, 0.2) is 0 Å². The van der Waals surface area contributed by atoms with Gasteiger partial charge in [0.25, 0.3) is 0 Å². The van der Waals surface area contributed by atoms with Gasteiger partial charge in [-0.25, -0.2) is 0 Å². The van der Waals surface area contributed by atoms with Crippen LogP contribution in [0.3, 0.4) is 0 Å². The van der Waals surface area contributed by atoms with Crippen LogP contribution in [0, 0.1) is 0 Å². The van der Waals surface area contributed by atoms with Gasteiger partial charge in [-0.05, 0) is 89.0 Å². The smallest absolute Gasteiger partial charge is 0.0561 e. The van der Waals surface area contributed by atoms with Crippen molar-refractivity contribution in [2.45, 2.75) is 19.3 Å². The number of para-hydroxylation sites is 2. The minimum Gasteiger partial charge on any atom is -0.310 e. The predicted octanol–water partition coefficient (Wildman–Crippen LogP) is 12.9. The van der Waals surface area contributed by atoms with E-state index >= 15 is 0 Å². The third-order valence-electron chi connectivity index (χ3n) is 10.4. The van der Waals surface area contributed by atoms with Crippen LogP contribution in [-0.4, -0.2) is 4.57 Å². The molecule has 0 fully saturated rings. The van der Waals surface area contributed by atoms with Crippen molar-refractivity contribution in [2.24, 2.45) is 0 Å². The summed E-state index contributed by atoms with van der Waals surface area (Å²) < 4.78 is 5.09. The lowest BCUT2D eigenvalue weighted by molar-refractivity contribution is 0.660. The minimum atomic E-state index is -0.0310. The van der Waals surface area contributed by atoms with Crippen LogP contribution in [0.5, 0.6) is 0 Å². The fraction of sp³-hybridized carbons (Fsp3) is 0.0667. The molecule has 9 aromatic rings. The molecule has 2 aromatic heterocycles. The molecule has 0 unspecified atom stereocenters. The third kappa shape index (κ3) is 3.92. The highest BCUT2D eigenvalue weighted by atomic mass is 32.1. The van der Waals surface area contributed by atoms with Crippen molar-refractivity contribution < 1.29 is 0 Å². The first kappa shape index (κ1) is 27.5. The first-order valence-electron chi connectivity index (χ1n) is 16.6. The second kappa shape index (κ2) is 10.2. The molecule has 0 radical (unpaired) electrons. The summed E-state index contributed by atoms with van der Waals surface area (Å²) in [5.41, 5.74) is 12.4.